The van der Waals surface area contributed by atoms with Gasteiger partial charge in [-0.25, -0.2) is 0 Å². The molecule has 3 aromatic rings. The first kappa shape index (κ1) is 25.1. The number of hydrogen-bond donors (Lipinski definition) is 2. The highest BCUT2D eigenvalue weighted by Gasteiger charge is 2.52. The quantitative estimate of drug-likeness (QED) is 0.443. The SMILES string of the molecule is CCCCN(CCC)C(=O)c1cc(CN2C(=N)NC(c3ccccc3)(c3ccccc3)C2=O)ccn1. The smallest absolute Gasteiger partial charge is 0.272 e. The highest BCUT2D eigenvalue weighted by atomic mass is 16.2. The molecule has 0 unspecified atom stereocenters. The molecule has 1 fully saturated rings. The number of nitrogens with zero attached hydrogens (tertiary/aromatic N) is 3. The minimum Gasteiger partial charge on any atom is -0.337 e. The number of pyridine rings is 1. The van der Waals surface area contributed by atoms with E-state index in [1.165, 1.54) is 4.90 Å². The van der Waals surface area contributed by atoms with Gasteiger partial charge in [0.1, 0.15) is 5.69 Å². The number of carbonyl (C=O) groups is 2. The van der Waals surface area contributed by atoms with Crippen LogP contribution in [0.25, 0.3) is 0 Å². The van der Waals surface area contributed by atoms with E-state index in [4.69, 9.17) is 5.41 Å². The van der Waals surface area contributed by atoms with Crippen LogP contribution in [0.3, 0.4) is 0 Å². The topological polar surface area (TPSA) is 89.4 Å². The third kappa shape index (κ3) is 4.87. The summed E-state index contributed by atoms with van der Waals surface area (Å²) in [4.78, 5) is 34.8. The summed E-state index contributed by atoms with van der Waals surface area (Å²) >= 11 is 0. The van der Waals surface area contributed by atoms with E-state index < -0.39 is 5.54 Å². The largest absolute Gasteiger partial charge is 0.337 e. The maximum absolute atomic E-state index is 14.0. The van der Waals surface area contributed by atoms with Crippen LogP contribution < -0.4 is 5.32 Å². The summed E-state index contributed by atoms with van der Waals surface area (Å²) in [6.07, 6.45) is 4.43. The van der Waals surface area contributed by atoms with E-state index in [0.29, 0.717) is 18.8 Å². The predicted octanol–water partition coefficient (Wildman–Crippen LogP) is 4.54. The molecule has 2 heterocycles. The van der Waals surface area contributed by atoms with Crippen LogP contribution in [0.5, 0.6) is 0 Å². The summed E-state index contributed by atoms with van der Waals surface area (Å²) in [5.41, 5.74) is 1.46. The Kier molecular flexibility index (Phi) is 7.78. The Balaban J connectivity index is 1.63. The van der Waals surface area contributed by atoms with Gasteiger partial charge in [-0.1, -0.05) is 80.9 Å². The fourth-order valence-electron chi connectivity index (χ4n) is 4.66. The first-order chi connectivity index (χ1) is 17.5. The number of aromatic nitrogens is 1. The Morgan fingerprint density at radius 2 is 1.61 bits per heavy atom. The summed E-state index contributed by atoms with van der Waals surface area (Å²) in [6, 6.07) is 22.5. The molecule has 0 spiro atoms. The lowest BCUT2D eigenvalue weighted by Gasteiger charge is -2.28. The second-order valence-electron chi connectivity index (χ2n) is 9.04. The molecule has 1 saturated heterocycles. The minimum atomic E-state index is -1.19. The van der Waals surface area contributed by atoms with E-state index in [0.717, 1.165) is 36.0 Å². The van der Waals surface area contributed by atoms with Crippen molar-refractivity contribution in [3.05, 3.63) is 101 Å². The molecule has 1 aromatic heterocycles. The number of benzene rings is 2. The van der Waals surface area contributed by atoms with Crippen molar-refractivity contribution in [1.29, 1.82) is 5.41 Å². The van der Waals surface area contributed by atoms with Gasteiger partial charge in [0.25, 0.3) is 11.8 Å². The van der Waals surface area contributed by atoms with Crippen LogP contribution in [0.2, 0.25) is 0 Å². The van der Waals surface area contributed by atoms with Crippen molar-refractivity contribution in [3.63, 3.8) is 0 Å². The van der Waals surface area contributed by atoms with Gasteiger partial charge in [0, 0.05) is 19.3 Å². The zero-order valence-corrected chi connectivity index (χ0v) is 20.9. The second kappa shape index (κ2) is 11.2. The molecular weight excluding hydrogens is 450 g/mol. The third-order valence-electron chi connectivity index (χ3n) is 6.50. The van der Waals surface area contributed by atoms with Crippen molar-refractivity contribution in [3.8, 4) is 0 Å². The van der Waals surface area contributed by atoms with E-state index in [2.05, 4.69) is 24.1 Å². The molecule has 0 aliphatic carbocycles. The maximum Gasteiger partial charge on any atom is 0.272 e. The number of rotatable bonds is 10. The fourth-order valence-corrected chi connectivity index (χ4v) is 4.66. The summed E-state index contributed by atoms with van der Waals surface area (Å²) < 4.78 is 0. The first-order valence-corrected chi connectivity index (χ1v) is 12.5. The average molecular weight is 484 g/mol. The van der Waals surface area contributed by atoms with Gasteiger partial charge in [-0.3, -0.25) is 24.9 Å². The second-order valence-corrected chi connectivity index (χ2v) is 9.04. The van der Waals surface area contributed by atoms with E-state index in [9.17, 15) is 9.59 Å². The van der Waals surface area contributed by atoms with E-state index in [1.54, 1.807) is 18.3 Å². The molecule has 1 aliphatic heterocycles. The normalized spacial score (nSPS) is 14.6. The lowest BCUT2D eigenvalue weighted by Crippen LogP contribution is -2.45. The lowest BCUT2D eigenvalue weighted by molar-refractivity contribution is -0.130. The van der Waals surface area contributed by atoms with Gasteiger partial charge in [0.2, 0.25) is 0 Å². The Morgan fingerprint density at radius 3 is 2.19 bits per heavy atom. The highest BCUT2D eigenvalue weighted by molar-refractivity contribution is 6.10. The molecule has 0 saturated carbocycles. The monoisotopic (exact) mass is 483 g/mol. The predicted molar refractivity (Wildman–Crippen MR) is 140 cm³/mol. The summed E-state index contributed by atoms with van der Waals surface area (Å²) in [5, 5.41) is 11.9. The van der Waals surface area contributed by atoms with Gasteiger partial charge in [-0.05, 0) is 41.7 Å². The number of amides is 2. The van der Waals surface area contributed by atoms with Crippen molar-refractivity contribution < 1.29 is 9.59 Å². The molecule has 36 heavy (non-hydrogen) atoms. The van der Waals surface area contributed by atoms with Crippen molar-refractivity contribution >= 4 is 17.8 Å². The molecular formula is C29H33N5O2. The van der Waals surface area contributed by atoms with E-state index in [-0.39, 0.29) is 24.3 Å². The van der Waals surface area contributed by atoms with Crippen LogP contribution >= 0.6 is 0 Å². The van der Waals surface area contributed by atoms with Crippen LogP contribution in [0.1, 0.15) is 60.3 Å². The summed E-state index contributed by atoms with van der Waals surface area (Å²) in [7, 11) is 0. The van der Waals surface area contributed by atoms with Crippen LogP contribution in [0.15, 0.2) is 79.0 Å². The third-order valence-corrected chi connectivity index (χ3v) is 6.50. The maximum atomic E-state index is 14.0. The van der Waals surface area contributed by atoms with Crippen molar-refractivity contribution in [2.45, 2.75) is 45.2 Å². The number of guanidine groups is 1. The Morgan fingerprint density at radius 1 is 0.972 bits per heavy atom. The Bertz CT molecular complexity index is 1170. The summed E-state index contributed by atoms with van der Waals surface area (Å²) in [5.74, 6) is -0.311. The molecule has 0 bridgehead atoms. The van der Waals surface area contributed by atoms with Gasteiger partial charge in [0.15, 0.2) is 11.5 Å². The molecule has 0 atom stereocenters. The number of nitrogens with one attached hydrogen (secondary N) is 2. The Hall–Kier alpha value is -4.00. The molecule has 186 valence electrons. The number of hydrogen-bond acceptors (Lipinski definition) is 4. The zero-order valence-electron chi connectivity index (χ0n) is 20.9. The van der Waals surface area contributed by atoms with Crippen molar-refractivity contribution in [1.82, 2.24) is 20.1 Å². The molecule has 7 heteroatoms. The minimum absolute atomic E-state index is 0.0213. The molecule has 4 rings (SSSR count). The van der Waals surface area contributed by atoms with Gasteiger partial charge in [0.05, 0.1) is 6.54 Å². The van der Waals surface area contributed by atoms with Crippen LogP contribution in [0.4, 0.5) is 0 Å². The molecule has 2 aromatic carbocycles. The fraction of sp³-hybridized carbons (Fsp3) is 0.310. The lowest BCUT2D eigenvalue weighted by atomic mass is 9.82. The van der Waals surface area contributed by atoms with Gasteiger partial charge in [-0.15, -0.1) is 0 Å². The molecule has 2 amide bonds. The standard InChI is InChI=1S/C29H33N5O2/c1-3-5-19-33(18-4-2)26(35)25-20-22(16-17-31-25)21-34-27(36)29(32-28(34)30,23-12-8-6-9-13-23)24-14-10-7-11-15-24/h6-17,20H,3-5,18-19,21H2,1-2H3,(H2,30,32). The molecule has 1 aliphatic rings. The van der Waals surface area contributed by atoms with Crippen molar-refractivity contribution in [2.24, 2.45) is 0 Å². The van der Waals surface area contributed by atoms with Crippen LogP contribution in [-0.4, -0.2) is 45.6 Å². The molecule has 2 N–H and O–H groups in total. The zero-order chi connectivity index (χ0) is 25.5. The molecule has 0 radical (unpaired) electrons. The summed E-state index contributed by atoms with van der Waals surface area (Å²) in [6.45, 7) is 5.71. The van der Waals surface area contributed by atoms with E-state index in [1.807, 2.05) is 65.6 Å². The average Bonchev–Trinajstić information content (AvgIpc) is 3.17. The number of unbranched alkanes of at least 4 members (excludes halogenated alkanes) is 1. The van der Waals surface area contributed by atoms with E-state index >= 15 is 0 Å². The first-order valence-electron chi connectivity index (χ1n) is 12.5. The van der Waals surface area contributed by atoms with Gasteiger partial charge in [-0.2, -0.15) is 0 Å². The molecule has 7 nitrogen and oxygen atoms in total. The van der Waals surface area contributed by atoms with Crippen molar-refractivity contribution in [2.75, 3.05) is 13.1 Å². The number of carbonyl (C=O) groups excluding carboxylic acids is 2. The van der Waals surface area contributed by atoms with Crippen LogP contribution in [0, 0.1) is 5.41 Å². The van der Waals surface area contributed by atoms with Gasteiger partial charge < -0.3 is 10.2 Å². The van der Waals surface area contributed by atoms with Gasteiger partial charge >= 0.3 is 0 Å². The Labute approximate surface area is 212 Å². The highest BCUT2D eigenvalue weighted by Crippen LogP contribution is 2.36. The van der Waals surface area contributed by atoms with Crippen LogP contribution in [-0.2, 0) is 16.9 Å².